The summed E-state index contributed by atoms with van der Waals surface area (Å²) in [6, 6.07) is 8.87. The molecule has 1 heterocycles. The van der Waals surface area contributed by atoms with Gasteiger partial charge in [-0.05, 0) is 24.5 Å². The van der Waals surface area contributed by atoms with E-state index in [9.17, 15) is 4.79 Å². The molecular weight excluding hydrogens is 198 g/mol. The highest BCUT2D eigenvalue weighted by molar-refractivity contribution is 5.81. The molecule has 2 unspecified atom stereocenters. The van der Waals surface area contributed by atoms with Crippen molar-refractivity contribution >= 4 is 5.91 Å². The lowest BCUT2D eigenvalue weighted by Crippen LogP contribution is -2.35. The Bertz CT molecular complexity index is 396. The standard InChI is InChI=1S/C14H19NO/c1-4-11-5-7-12(8-6-11)14(3)9-13(16)15-10(14)2/h5-8,10H,4,9H2,1-3H3,(H,15,16). The number of hydrogen-bond donors (Lipinski definition) is 1. The van der Waals surface area contributed by atoms with Crippen molar-refractivity contribution in [2.75, 3.05) is 0 Å². The zero-order valence-electron chi connectivity index (χ0n) is 10.2. The molecule has 2 rings (SSSR count). The number of rotatable bonds is 2. The molecular formula is C14H19NO. The van der Waals surface area contributed by atoms with Crippen LogP contribution in [-0.4, -0.2) is 11.9 Å². The summed E-state index contributed by atoms with van der Waals surface area (Å²) in [5.74, 6) is 0.162. The molecule has 0 aliphatic carbocycles. The summed E-state index contributed by atoms with van der Waals surface area (Å²) < 4.78 is 0. The van der Waals surface area contributed by atoms with Crippen molar-refractivity contribution in [1.82, 2.24) is 5.32 Å². The van der Waals surface area contributed by atoms with Gasteiger partial charge >= 0.3 is 0 Å². The molecule has 1 aromatic rings. The third-order valence-corrected chi connectivity index (χ3v) is 3.88. The van der Waals surface area contributed by atoms with Gasteiger partial charge in [-0.25, -0.2) is 0 Å². The molecule has 1 aliphatic heterocycles. The first-order valence-electron chi connectivity index (χ1n) is 5.95. The topological polar surface area (TPSA) is 29.1 Å². The molecule has 2 nitrogen and oxygen atoms in total. The molecule has 1 aromatic carbocycles. The number of amides is 1. The molecule has 1 amide bonds. The van der Waals surface area contributed by atoms with Crippen molar-refractivity contribution < 1.29 is 4.79 Å². The number of benzene rings is 1. The van der Waals surface area contributed by atoms with Crippen molar-refractivity contribution in [2.24, 2.45) is 0 Å². The summed E-state index contributed by atoms with van der Waals surface area (Å²) >= 11 is 0. The van der Waals surface area contributed by atoms with E-state index in [1.807, 2.05) is 0 Å². The van der Waals surface area contributed by atoms with E-state index >= 15 is 0 Å². The Labute approximate surface area is 97.1 Å². The van der Waals surface area contributed by atoms with Crippen LogP contribution in [0.5, 0.6) is 0 Å². The maximum absolute atomic E-state index is 11.5. The van der Waals surface area contributed by atoms with Crippen molar-refractivity contribution in [3.8, 4) is 0 Å². The molecule has 2 heteroatoms. The van der Waals surface area contributed by atoms with Gasteiger partial charge in [0.2, 0.25) is 5.91 Å². The first-order valence-corrected chi connectivity index (χ1v) is 5.95. The molecule has 1 fully saturated rings. The Morgan fingerprint density at radius 3 is 2.44 bits per heavy atom. The number of carbonyl (C=O) groups is 1. The fourth-order valence-corrected chi connectivity index (χ4v) is 2.41. The Kier molecular flexibility index (Phi) is 2.75. The third-order valence-electron chi connectivity index (χ3n) is 3.88. The number of aryl methyl sites for hydroxylation is 1. The van der Waals surface area contributed by atoms with E-state index in [1.54, 1.807) is 0 Å². The highest BCUT2D eigenvalue weighted by Gasteiger charge is 2.41. The Morgan fingerprint density at radius 1 is 1.38 bits per heavy atom. The van der Waals surface area contributed by atoms with Gasteiger partial charge < -0.3 is 5.32 Å². The lowest BCUT2D eigenvalue weighted by Gasteiger charge is -2.28. The van der Waals surface area contributed by atoms with Crippen LogP contribution in [0.1, 0.15) is 38.3 Å². The number of carbonyl (C=O) groups excluding carboxylic acids is 1. The molecule has 0 saturated carbocycles. The second-order valence-electron chi connectivity index (χ2n) is 4.93. The first-order chi connectivity index (χ1) is 7.56. The van der Waals surface area contributed by atoms with Crippen molar-refractivity contribution in [3.05, 3.63) is 35.4 Å². The second-order valence-corrected chi connectivity index (χ2v) is 4.93. The largest absolute Gasteiger partial charge is 0.353 e. The zero-order valence-corrected chi connectivity index (χ0v) is 10.2. The van der Waals surface area contributed by atoms with Crippen LogP contribution in [0.15, 0.2) is 24.3 Å². The van der Waals surface area contributed by atoms with Crippen LogP contribution in [0, 0.1) is 0 Å². The second kappa shape index (κ2) is 3.93. The smallest absolute Gasteiger partial charge is 0.221 e. The van der Waals surface area contributed by atoms with Gasteiger partial charge in [0.05, 0.1) is 0 Å². The first kappa shape index (κ1) is 11.2. The van der Waals surface area contributed by atoms with Crippen LogP contribution in [0.2, 0.25) is 0 Å². The van der Waals surface area contributed by atoms with Gasteiger partial charge in [0.15, 0.2) is 0 Å². The van der Waals surface area contributed by atoms with Gasteiger partial charge in [0.1, 0.15) is 0 Å². The van der Waals surface area contributed by atoms with Crippen LogP contribution < -0.4 is 5.32 Å². The summed E-state index contributed by atoms with van der Waals surface area (Å²) in [7, 11) is 0. The van der Waals surface area contributed by atoms with E-state index in [0.29, 0.717) is 6.42 Å². The Balaban J connectivity index is 2.32. The molecule has 1 aliphatic rings. The summed E-state index contributed by atoms with van der Waals surface area (Å²) in [5.41, 5.74) is 2.55. The lowest BCUT2D eigenvalue weighted by atomic mass is 9.76. The van der Waals surface area contributed by atoms with Gasteiger partial charge in [0.25, 0.3) is 0 Å². The van der Waals surface area contributed by atoms with Gasteiger partial charge in [-0.15, -0.1) is 0 Å². The normalized spacial score (nSPS) is 29.2. The molecule has 86 valence electrons. The highest BCUT2D eigenvalue weighted by Crippen LogP contribution is 2.35. The predicted molar refractivity (Wildman–Crippen MR) is 65.4 cm³/mol. The maximum Gasteiger partial charge on any atom is 0.221 e. The van der Waals surface area contributed by atoms with Crippen LogP contribution >= 0.6 is 0 Å². The van der Waals surface area contributed by atoms with Crippen LogP contribution in [0.25, 0.3) is 0 Å². The molecule has 0 spiro atoms. The number of nitrogens with one attached hydrogen (secondary N) is 1. The number of hydrogen-bond acceptors (Lipinski definition) is 1. The van der Waals surface area contributed by atoms with Crippen molar-refractivity contribution in [3.63, 3.8) is 0 Å². The quantitative estimate of drug-likeness (QED) is 0.810. The fourth-order valence-electron chi connectivity index (χ4n) is 2.41. The van der Waals surface area contributed by atoms with Crippen molar-refractivity contribution in [2.45, 2.75) is 45.1 Å². The molecule has 1 saturated heterocycles. The SMILES string of the molecule is CCc1ccc(C2(C)CC(=O)NC2C)cc1. The summed E-state index contributed by atoms with van der Waals surface area (Å²) in [6.45, 7) is 6.40. The monoisotopic (exact) mass is 217 g/mol. The van der Waals surface area contributed by atoms with Gasteiger partial charge in [-0.1, -0.05) is 38.1 Å². The average Bonchev–Trinajstić information content (AvgIpc) is 2.54. The minimum absolute atomic E-state index is 0.0522. The molecule has 1 N–H and O–H groups in total. The van der Waals surface area contributed by atoms with E-state index in [1.165, 1.54) is 11.1 Å². The summed E-state index contributed by atoms with van der Waals surface area (Å²) in [5, 5.41) is 3.00. The molecule has 0 bridgehead atoms. The zero-order chi connectivity index (χ0) is 11.8. The molecule has 0 aromatic heterocycles. The van der Waals surface area contributed by atoms with Gasteiger partial charge in [-0.3, -0.25) is 4.79 Å². The fraction of sp³-hybridized carbons (Fsp3) is 0.500. The predicted octanol–water partition coefficient (Wildman–Crippen LogP) is 2.42. The molecule has 2 atom stereocenters. The van der Waals surface area contributed by atoms with E-state index in [-0.39, 0.29) is 17.4 Å². The minimum atomic E-state index is -0.0522. The van der Waals surface area contributed by atoms with E-state index in [0.717, 1.165) is 6.42 Å². The van der Waals surface area contributed by atoms with Crippen molar-refractivity contribution in [1.29, 1.82) is 0 Å². The molecule has 16 heavy (non-hydrogen) atoms. The maximum atomic E-state index is 11.5. The van der Waals surface area contributed by atoms with Gasteiger partial charge in [-0.2, -0.15) is 0 Å². The van der Waals surface area contributed by atoms with E-state index < -0.39 is 0 Å². The highest BCUT2D eigenvalue weighted by atomic mass is 16.2. The minimum Gasteiger partial charge on any atom is -0.353 e. The summed E-state index contributed by atoms with van der Waals surface area (Å²) in [4.78, 5) is 11.5. The van der Waals surface area contributed by atoms with Crippen LogP contribution in [-0.2, 0) is 16.6 Å². The van der Waals surface area contributed by atoms with Gasteiger partial charge in [0, 0.05) is 17.9 Å². The average molecular weight is 217 g/mol. The van der Waals surface area contributed by atoms with E-state index in [4.69, 9.17) is 0 Å². The molecule has 0 radical (unpaired) electrons. The summed E-state index contributed by atoms with van der Waals surface area (Å²) in [6.07, 6.45) is 1.66. The van der Waals surface area contributed by atoms with Crippen LogP contribution in [0.3, 0.4) is 0 Å². The van der Waals surface area contributed by atoms with Crippen LogP contribution in [0.4, 0.5) is 0 Å². The lowest BCUT2D eigenvalue weighted by molar-refractivity contribution is -0.119. The third kappa shape index (κ3) is 1.73. The Hall–Kier alpha value is -1.31. The Morgan fingerprint density at radius 2 is 2.00 bits per heavy atom. The van der Waals surface area contributed by atoms with E-state index in [2.05, 4.69) is 50.4 Å².